The molecule has 0 fully saturated rings. The van der Waals surface area contributed by atoms with Crippen molar-refractivity contribution in [2.24, 2.45) is 12.8 Å². The van der Waals surface area contributed by atoms with Gasteiger partial charge in [-0.05, 0) is 36.4 Å². The third kappa shape index (κ3) is 2.86. The van der Waals surface area contributed by atoms with E-state index in [9.17, 15) is 9.18 Å². The molecule has 2 aromatic carbocycles. The first-order valence-corrected chi connectivity index (χ1v) is 9.24. The van der Waals surface area contributed by atoms with Gasteiger partial charge in [0.2, 0.25) is 5.91 Å². The van der Waals surface area contributed by atoms with Crippen LogP contribution in [-0.2, 0) is 7.05 Å². The zero-order valence-corrected chi connectivity index (χ0v) is 16.0. The summed E-state index contributed by atoms with van der Waals surface area (Å²) in [6.07, 6.45) is 9.15. The average Bonchev–Trinajstić information content (AvgIpc) is 3.46. The molecule has 0 aliphatic heterocycles. The minimum absolute atomic E-state index is 0.134. The predicted octanol–water partition coefficient (Wildman–Crippen LogP) is 3.45. The molecule has 5 aromatic rings. The van der Waals surface area contributed by atoms with E-state index in [1.165, 1.54) is 6.07 Å². The molecule has 7 nitrogen and oxygen atoms in total. The molecular formula is C22H17FN6O. The first kappa shape index (κ1) is 17.9. The van der Waals surface area contributed by atoms with E-state index in [0.29, 0.717) is 5.69 Å². The van der Waals surface area contributed by atoms with E-state index in [4.69, 9.17) is 5.73 Å². The number of aryl methyl sites for hydroxylation is 1. The second-order valence-electron chi connectivity index (χ2n) is 6.99. The van der Waals surface area contributed by atoms with Gasteiger partial charge in [0.15, 0.2) is 0 Å². The summed E-state index contributed by atoms with van der Waals surface area (Å²) in [5.41, 5.74) is 9.21. The monoisotopic (exact) mass is 400 g/mol. The van der Waals surface area contributed by atoms with Crippen molar-refractivity contribution >= 4 is 16.8 Å². The lowest BCUT2D eigenvalue weighted by Gasteiger charge is -2.09. The summed E-state index contributed by atoms with van der Waals surface area (Å²) in [7, 11) is 1.86. The summed E-state index contributed by atoms with van der Waals surface area (Å²) in [5, 5.41) is 5.12. The molecule has 0 spiro atoms. The number of carbonyl (C=O) groups is 1. The van der Waals surface area contributed by atoms with Gasteiger partial charge in [-0.2, -0.15) is 5.10 Å². The molecular weight excluding hydrogens is 383 g/mol. The molecule has 1 amide bonds. The fourth-order valence-electron chi connectivity index (χ4n) is 3.60. The van der Waals surface area contributed by atoms with Crippen molar-refractivity contribution in [3.63, 3.8) is 0 Å². The Bertz CT molecular complexity index is 1410. The maximum atomic E-state index is 14.7. The van der Waals surface area contributed by atoms with E-state index in [2.05, 4.69) is 10.1 Å². The van der Waals surface area contributed by atoms with E-state index in [-0.39, 0.29) is 5.56 Å². The van der Waals surface area contributed by atoms with Crippen LogP contribution >= 0.6 is 0 Å². The van der Waals surface area contributed by atoms with E-state index < -0.39 is 11.7 Å². The van der Waals surface area contributed by atoms with Crippen LogP contribution in [0.25, 0.3) is 33.5 Å². The summed E-state index contributed by atoms with van der Waals surface area (Å²) in [6, 6.07) is 12.0. The molecule has 5 rings (SSSR count). The molecule has 3 heterocycles. The summed E-state index contributed by atoms with van der Waals surface area (Å²) in [5.74, 6) is -1.18. The van der Waals surface area contributed by atoms with Crippen LogP contribution in [0.2, 0.25) is 0 Å². The van der Waals surface area contributed by atoms with Gasteiger partial charge in [0, 0.05) is 42.2 Å². The van der Waals surface area contributed by atoms with Gasteiger partial charge in [-0.1, -0.05) is 6.07 Å². The van der Waals surface area contributed by atoms with Crippen LogP contribution in [0.5, 0.6) is 0 Å². The molecule has 0 aliphatic rings. The number of amides is 1. The minimum Gasteiger partial charge on any atom is -0.366 e. The zero-order valence-electron chi connectivity index (χ0n) is 16.0. The third-order valence-electron chi connectivity index (χ3n) is 5.06. The van der Waals surface area contributed by atoms with Gasteiger partial charge in [-0.15, -0.1) is 0 Å². The van der Waals surface area contributed by atoms with Gasteiger partial charge in [0.1, 0.15) is 5.82 Å². The minimum atomic E-state index is -0.662. The molecule has 0 aliphatic carbocycles. The van der Waals surface area contributed by atoms with Crippen LogP contribution < -0.4 is 5.73 Å². The fourth-order valence-corrected chi connectivity index (χ4v) is 3.60. The number of benzene rings is 2. The summed E-state index contributed by atoms with van der Waals surface area (Å²) >= 11 is 0. The number of nitrogens with zero attached hydrogens (tertiary/aromatic N) is 5. The number of carbonyl (C=O) groups excluding carboxylic acids is 1. The quantitative estimate of drug-likeness (QED) is 0.501. The van der Waals surface area contributed by atoms with E-state index in [1.807, 2.05) is 48.3 Å². The van der Waals surface area contributed by atoms with Crippen molar-refractivity contribution in [2.75, 3.05) is 0 Å². The number of primary amides is 1. The Morgan fingerprint density at radius 2 is 1.97 bits per heavy atom. The Balaban J connectivity index is 1.60. The lowest BCUT2D eigenvalue weighted by Crippen LogP contribution is -2.11. The van der Waals surface area contributed by atoms with Gasteiger partial charge >= 0.3 is 0 Å². The number of aromatic nitrogens is 5. The number of fused-ring (bicyclic) bond motifs is 1. The Morgan fingerprint density at radius 3 is 2.70 bits per heavy atom. The Labute approximate surface area is 170 Å². The molecule has 0 saturated heterocycles. The van der Waals surface area contributed by atoms with Crippen LogP contribution in [0.4, 0.5) is 4.39 Å². The number of imidazole rings is 1. The fraction of sp³-hybridized carbons (Fsp3) is 0.0455. The van der Waals surface area contributed by atoms with Crippen molar-refractivity contribution < 1.29 is 9.18 Å². The van der Waals surface area contributed by atoms with Crippen LogP contribution in [0.3, 0.4) is 0 Å². The molecule has 8 heteroatoms. The maximum Gasteiger partial charge on any atom is 0.248 e. The van der Waals surface area contributed by atoms with Gasteiger partial charge in [0.05, 0.1) is 35.1 Å². The van der Waals surface area contributed by atoms with Crippen molar-refractivity contribution in [1.82, 2.24) is 23.9 Å². The van der Waals surface area contributed by atoms with E-state index in [0.717, 1.165) is 33.9 Å². The summed E-state index contributed by atoms with van der Waals surface area (Å²) < 4.78 is 20.1. The average molecular weight is 400 g/mol. The normalized spacial score (nSPS) is 11.3. The van der Waals surface area contributed by atoms with Crippen LogP contribution in [0, 0.1) is 5.82 Å². The summed E-state index contributed by atoms with van der Waals surface area (Å²) in [4.78, 5) is 15.8. The van der Waals surface area contributed by atoms with Crippen molar-refractivity contribution in [3.8, 4) is 22.6 Å². The largest absolute Gasteiger partial charge is 0.366 e. The maximum absolute atomic E-state index is 14.7. The highest BCUT2D eigenvalue weighted by molar-refractivity contribution is 5.93. The molecule has 0 bridgehead atoms. The molecule has 0 radical (unpaired) electrons. The molecule has 2 N–H and O–H groups in total. The molecule has 148 valence electrons. The number of nitrogens with two attached hydrogens (primary N) is 1. The molecule has 0 saturated carbocycles. The van der Waals surface area contributed by atoms with Gasteiger partial charge in [0.25, 0.3) is 0 Å². The number of hydrogen-bond donors (Lipinski definition) is 1. The van der Waals surface area contributed by atoms with E-state index >= 15 is 0 Å². The van der Waals surface area contributed by atoms with Crippen molar-refractivity contribution in [2.45, 2.75) is 0 Å². The Hall–Kier alpha value is -4.20. The first-order valence-electron chi connectivity index (χ1n) is 9.24. The predicted molar refractivity (Wildman–Crippen MR) is 111 cm³/mol. The highest BCUT2D eigenvalue weighted by Gasteiger charge is 2.14. The lowest BCUT2D eigenvalue weighted by molar-refractivity contribution is 0.1000. The number of rotatable bonds is 4. The van der Waals surface area contributed by atoms with Gasteiger partial charge < -0.3 is 14.9 Å². The van der Waals surface area contributed by atoms with Crippen LogP contribution in [0.1, 0.15) is 10.4 Å². The molecule has 30 heavy (non-hydrogen) atoms. The van der Waals surface area contributed by atoms with Crippen molar-refractivity contribution in [1.29, 1.82) is 0 Å². The highest BCUT2D eigenvalue weighted by Crippen LogP contribution is 2.28. The molecule has 3 aromatic heterocycles. The Kier molecular flexibility index (Phi) is 3.99. The second kappa shape index (κ2) is 6.70. The third-order valence-corrected chi connectivity index (χ3v) is 5.06. The number of halogens is 1. The van der Waals surface area contributed by atoms with E-state index in [1.54, 1.807) is 34.0 Å². The van der Waals surface area contributed by atoms with Crippen molar-refractivity contribution in [3.05, 3.63) is 85.0 Å². The lowest BCUT2D eigenvalue weighted by atomic mass is 10.1. The zero-order chi connectivity index (χ0) is 20.8. The number of hydrogen-bond acceptors (Lipinski definition) is 3. The second-order valence-corrected chi connectivity index (χ2v) is 6.99. The highest BCUT2D eigenvalue weighted by atomic mass is 19.1. The van der Waals surface area contributed by atoms with Crippen LogP contribution in [0.15, 0.2) is 73.6 Å². The van der Waals surface area contributed by atoms with Gasteiger partial charge in [-0.3, -0.25) is 9.48 Å². The standard InChI is InChI=1S/C22H17FN6O/c1-27-11-15(10-26-27)18-12-28(13-25-18)19-3-2-4-20-16(19)7-8-29(20)21-6-5-14(22(24)30)9-17(21)23/h2-13H,1H3,(H2,24,30). The summed E-state index contributed by atoms with van der Waals surface area (Å²) in [6.45, 7) is 0. The topological polar surface area (TPSA) is 83.7 Å². The molecule has 0 atom stereocenters. The smallest absolute Gasteiger partial charge is 0.248 e. The van der Waals surface area contributed by atoms with Crippen LogP contribution in [-0.4, -0.2) is 29.8 Å². The molecule has 0 unspecified atom stereocenters. The first-order chi connectivity index (χ1) is 14.5. The van der Waals surface area contributed by atoms with Gasteiger partial charge in [-0.25, -0.2) is 9.37 Å². The Morgan fingerprint density at radius 1 is 1.10 bits per heavy atom. The SMILES string of the molecule is Cn1cc(-c2cn(-c3cccc4c3ccn4-c3ccc(C(N)=O)cc3F)cn2)cn1.